The molecule has 6 rings (SSSR count). The highest BCUT2D eigenvalue weighted by atomic mass is 35.5. The van der Waals surface area contributed by atoms with Gasteiger partial charge in [0, 0.05) is 35.1 Å². The van der Waals surface area contributed by atoms with Crippen molar-refractivity contribution < 1.29 is 4.79 Å². The van der Waals surface area contributed by atoms with Crippen LogP contribution >= 0.6 is 57.5 Å². The van der Waals surface area contributed by atoms with Crippen LogP contribution in [0, 0.1) is 0 Å². The molecule has 0 saturated carbocycles. The van der Waals surface area contributed by atoms with Crippen molar-refractivity contribution in [2.75, 3.05) is 31.1 Å². The number of urea groups is 1. The number of aromatic nitrogens is 2. The molecule has 0 aliphatic carbocycles. The summed E-state index contributed by atoms with van der Waals surface area (Å²) in [6.45, 7) is 3.80. The molecule has 1 N–H and O–H groups in total. The smallest absolute Gasteiger partial charge is 0.322 e. The molecule has 0 bridgehead atoms. The number of fused-ring (bicyclic) bond motifs is 4. The van der Waals surface area contributed by atoms with Gasteiger partial charge in [0.25, 0.3) is 0 Å². The van der Waals surface area contributed by atoms with Crippen LogP contribution in [-0.2, 0) is 12.0 Å². The second-order valence-electron chi connectivity index (χ2n) is 9.64. The summed E-state index contributed by atoms with van der Waals surface area (Å²) in [6.07, 6.45) is 7.89. The lowest BCUT2D eigenvalue weighted by Gasteiger charge is -2.39. The van der Waals surface area contributed by atoms with Crippen LogP contribution in [0.25, 0.3) is 16.3 Å². The van der Waals surface area contributed by atoms with Crippen LogP contribution in [0.15, 0.2) is 48.1 Å². The van der Waals surface area contributed by atoms with Crippen molar-refractivity contribution in [1.82, 2.24) is 20.2 Å². The van der Waals surface area contributed by atoms with Gasteiger partial charge in [-0.15, -0.1) is 22.7 Å². The maximum atomic E-state index is 13.4. The summed E-state index contributed by atoms with van der Waals surface area (Å²) in [5, 5.41) is 4.19. The van der Waals surface area contributed by atoms with Gasteiger partial charge in [0.1, 0.15) is 0 Å². The minimum atomic E-state index is -0.113. The average Bonchev–Trinajstić information content (AvgIpc) is 3.63. The average molecular weight is 605 g/mol. The molecule has 2 aliphatic heterocycles. The van der Waals surface area contributed by atoms with E-state index in [1.54, 1.807) is 17.5 Å². The van der Waals surface area contributed by atoms with E-state index in [-0.39, 0.29) is 11.4 Å². The van der Waals surface area contributed by atoms with Crippen molar-refractivity contribution in [3.8, 4) is 0 Å². The van der Waals surface area contributed by atoms with Gasteiger partial charge in [0.05, 0.1) is 38.0 Å². The molecule has 1 spiro atoms. The van der Waals surface area contributed by atoms with Crippen molar-refractivity contribution in [3.05, 3.63) is 78.6 Å². The Labute approximate surface area is 243 Å². The highest BCUT2D eigenvalue weighted by Crippen LogP contribution is 2.50. The molecule has 1 fully saturated rings. The zero-order chi connectivity index (χ0) is 26.3. The van der Waals surface area contributed by atoms with E-state index < -0.39 is 0 Å². The van der Waals surface area contributed by atoms with Gasteiger partial charge in [0.2, 0.25) is 0 Å². The Morgan fingerprint density at radius 1 is 1.11 bits per heavy atom. The number of anilines is 1. The Kier molecular flexibility index (Phi) is 7.37. The molecule has 0 radical (unpaired) electrons. The molecule has 2 amide bonds. The Hall–Kier alpha value is -2.20. The number of piperidine rings is 1. The number of amides is 2. The predicted molar refractivity (Wildman–Crippen MR) is 159 cm³/mol. The fourth-order valence-electron chi connectivity index (χ4n) is 5.47. The lowest BCUT2D eigenvalue weighted by atomic mass is 9.74. The highest BCUT2D eigenvalue weighted by Gasteiger charge is 2.47. The number of nitrogens with zero attached hydrogens (tertiary/aromatic N) is 4. The fraction of sp³-hybridized carbons (Fsp3) is 0.296. The molecule has 2 aromatic heterocycles. The molecular formula is C27H24Cl3N5OS2. The Morgan fingerprint density at radius 2 is 1.95 bits per heavy atom. The first kappa shape index (κ1) is 26.0. The van der Waals surface area contributed by atoms with Crippen molar-refractivity contribution in [2.45, 2.75) is 24.8 Å². The van der Waals surface area contributed by atoms with Crippen molar-refractivity contribution in [3.63, 3.8) is 0 Å². The number of carbonyl (C=O) groups is 1. The van der Waals surface area contributed by atoms with E-state index in [2.05, 4.69) is 39.5 Å². The Bertz CT molecular complexity index is 1530. The normalized spacial score (nSPS) is 17.1. The molecule has 4 aromatic rings. The SMILES string of the molecule is O=C(NCc1cnc(Cl)s1)N1CC2(CCN(C/C=C/c3ccc(Cl)c(Cl)c3)CC2)c2c1ccc1scnc21. The lowest BCUT2D eigenvalue weighted by Crippen LogP contribution is -2.47. The topological polar surface area (TPSA) is 61.4 Å². The van der Waals surface area contributed by atoms with E-state index in [9.17, 15) is 4.79 Å². The van der Waals surface area contributed by atoms with E-state index in [4.69, 9.17) is 39.8 Å². The maximum absolute atomic E-state index is 13.4. The van der Waals surface area contributed by atoms with Gasteiger partial charge in [-0.3, -0.25) is 9.80 Å². The fourth-order valence-corrected chi connectivity index (χ4v) is 7.37. The minimum Gasteiger partial charge on any atom is -0.333 e. The van der Waals surface area contributed by atoms with Crippen molar-refractivity contribution in [1.29, 1.82) is 0 Å². The number of hydrogen-bond donors (Lipinski definition) is 1. The molecule has 0 unspecified atom stereocenters. The number of nitrogens with one attached hydrogen (secondary N) is 1. The molecular weight excluding hydrogens is 581 g/mol. The summed E-state index contributed by atoms with van der Waals surface area (Å²) in [5.41, 5.74) is 6.04. The number of halogens is 3. The molecule has 1 saturated heterocycles. The number of benzene rings is 2. The minimum absolute atomic E-state index is 0.103. The Balaban J connectivity index is 1.18. The molecule has 11 heteroatoms. The molecule has 2 aliphatic rings. The molecule has 2 aromatic carbocycles. The standard InChI is InChI=1S/C27H24Cl3N5OS2/c28-19-4-3-17(12-20(19)29)2-1-9-34-10-7-27(8-11-34)15-35(26(36)32-14-18-13-31-25(30)38-18)21-5-6-22-24(23(21)27)33-16-37-22/h1-6,12-13,16H,7-11,14-15H2,(H,32,36)/b2-1+. The van der Waals surface area contributed by atoms with Crippen molar-refractivity contribution >= 4 is 85.5 Å². The van der Waals surface area contributed by atoms with E-state index in [1.807, 2.05) is 28.6 Å². The van der Waals surface area contributed by atoms with Crippen LogP contribution in [0.3, 0.4) is 0 Å². The van der Waals surface area contributed by atoms with E-state index in [0.717, 1.165) is 58.8 Å². The summed E-state index contributed by atoms with van der Waals surface area (Å²) >= 11 is 21.2. The summed E-state index contributed by atoms with van der Waals surface area (Å²) in [5.74, 6) is 0. The predicted octanol–water partition coefficient (Wildman–Crippen LogP) is 7.49. The second-order valence-corrected chi connectivity index (χ2v) is 13.0. The van der Waals surface area contributed by atoms with Crippen LogP contribution < -0.4 is 10.2 Å². The van der Waals surface area contributed by atoms with E-state index >= 15 is 0 Å². The van der Waals surface area contributed by atoms with Gasteiger partial charge >= 0.3 is 6.03 Å². The number of hydrogen-bond acceptors (Lipinski definition) is 6. The monoisotopic (exact) mass is 603 g/mol. The Morgan fingerprint density at radius 3 is 2.71 bits per heavy atom. The van der Waals surface area contributed by atoms with Crippen LogP contribution in [-0.4, -0.2) is 47.1 Å². The first-order valence-electron chi connectivity index (χ1n) is 12.3. The largest absolute Gasteiger partial charge is 0.333 e. The summed E-state index contributed by atoms with van der Waals surface area (Å²) in [4.78, 5) is 27.5. The second kappa shape index (κ2) is 10.8. The van der Waals surface area contributed by atoms with Crippen LogP contribution in [0.5, 0.6) is 0 Å². The first-order chi connectivity index (χ1) is 18.4. The number of carbonyl (C=O) groups excluding carboxylic acids is 1. The highest BCUT2D eigenvalue weighted by molar-refractivity contribution is 7.16. The number of likely N-dealkylation sites (tertiary alicyclic amines) is 1. The molecule has 38 heavy (non-hydrogen) atoms. The molecule has 196 valence electrons. The van der Waals surface area contributed by atoms with Gasteiger partial charge in [-0.05, 0) is 55.8 Å². The summed E-state index contributed by atoms with van der Waals surface area (Å²) < 4.78 is 1.64. The first-order valence-corrected chi connectivity index (χ1v) is 15.1. The number of rotatable bonds is 5. The van der Waals surface area contributed by atoms with Crippen molar-refractivity contribution in [2.24, 2.45) is 0 Å². The van der Waals surface area contributed by atoms with Crippen LogP contribution in [0.1, 0.15) is 28.8 Å². The van der Waals surface area contributed by atoms with E-state index in [1.165, 1.54) is 16.9 Å². The zero-order valence-electron chi connectivity index (χ0n) is 20.3. The lowest BCUT2D eigenvalue weighted by molar-refractivity contribution is 0.180. The van der Waals surface area contributed by atoms with Gasteiger partial charge in [-0.1, -0.05) is 53.0 Å². The van der Waals surface area contributed by atoms with E-state index in [0.29, 0.717) is 27.6 Å². The quantitative estimate of drug-likeness (QED) is 0.256. The number of thiazole rings is 2. The zero-order valence-corrected chi connectivity index (χ0v) is 24.2. The van der Waals surface area contributed by atoms with Crippen LogP contribution in [0.4, 0.5) is 10.5 Å². The molecule has 4 heterocycles. The summed E-state index contributed by atoms with van der Waals surface area (Å²) in [7, 11) is 0. The van der Waals surface area contributed by atoms with Gasteiger partial charge in [-0.25, -0.2) is 14.8 Å². The third kappa shape index (κ3) is 5.06. The van der Waals surface area contributed by atoms with Gasteiger partial charge in [-0.2, -0.15) is 0 Å². The molecule has 6 nitrogen and oxygen atoms in total. The third-order valence-corrected chi connectivity index (χ3v) is 10.0. The third-order valence-electron chi connectivity index (χ3n) is 7.38. The van der Waals surface area contributed by atoms with Gasteiger partial charge in [0.15, 0.2) is 4.47 Å². The van der Waals surface area contributed by atoms with Crippen LogP contribution in [0.2, 0.25) is 14.5 Å². The van der Waals surface area contributed by atoms with Gasteiger partial charge < -0.3 is 5.32 Å². The maximum Gasteiger partial charge on any atom is 0.322 e. The summed E-state index contributed by atoms with van der Waals surface area (Å²) in [6, 6.07) is 9.72. The molecule has 0 atom stereocenters.